The molecule has 1 aliphatic heterocycles. The molecule has 3 rings (SSSR count). The lowest BCUT2D eigenvalue weighted by molar-refractivity contribution is 0.192. The lowest BCUT2D eigenvalue weighted by Crippen LogP contribution is -2.23. The predicted molar refractivity (Wildman–Crippen MR) is 118 cm³/mol. The van der Waals surface area contributed by atoms with Gasteiger partial charge in [0.05, 0.1) is 13.2 Å². The summed E-state index contributed by atoms with van der Waals surface area (Å²) in [5.41, 5.74) is 4.74. The molecule has 1 saturated heterocycles. The van der Waals surface area contributed by atoms with Crippen LogP contribution in [0.4, 0.5) is 0 Å². The number of ether oxygens (including phenoxy) is 2. The molecule has 0 radical (unpaired) electrons. The molecule has 3 unspecified atom stereocenters. The lowest BCUT2D eigenvalue weighted by atomic mass is 9.90. The van der Waals surface area contributed by atoms with Crippen molar-refractivity contribution in [1.82, 2.24) is 0 Å². The number of phenols is 1. The average Bonchev–Trinajstić information content (AvgIpc) is 2.67. The molecule has 0 aliphatic carbocycles. The third-order valence-electron chi connectivity index (χ3n) is 5.57. The number of hydrogen-bond acceptors (Lipinski definition) is 4. The van der Waals surface area contributed by atoms with Crippen LogP contribution in [0.15, 0.2) is 36.4 Å². The van der Waals surface area contributed by atoms with Crippen molar-refractivity contribution in [3.05, 3.63) is 58.7 Å². The Hall–Kier alpha value is -1.65. The summed E-state index contributed by atoms with van der Waals surface area (Å²) in [5.74, 6) is 1.88. The molecular formula is C24H32O3S. The summed E-state index contributed by atoms with van der Waals surface area (Å²) >= 11 is 1.96. The maximum absolute atomic E-state index is 10.7. The molecule has 0 bridgehead atoms. The number of benzene rings is 2. The maximum atomic E-state index is 10.7. The van der Waals surface area contributed by atoms with Gasteiger partial charge in [-0.3, -0.25) is 0 Å². The number of hydrogen-bond donors (Lipinski definition) is 1. The second-order valence-electron chi connectivity index (χ2n) is 7.78. The predicted octanol–water partition coefficient (Wildman–Crippen LogP) is 5.91. The first-order valence-electron chi connectivity index (χ1n) is 10.2. The monoisotopic (exact) mass is 400 g/mol. The van der Waals surface area contributed by atoms with Gasteiger partial charge in [-0.05, 0) is 73.9 Å². The molecule has 2 aromatic rings. The number of methoxy groups -OCH3 is 1. The van der Waals surface area contributed by atoms with Crippen LogP contribution in [0.1, 0.15) is 54.2 Å². The van der Waals surface area contributed by atoms with E-state index >= 15 is 0 Å². The maximum Gasteiger partial charge on any atom is 0.120 e. The minimum Gasteiger partial charge on any atom is -0.508 e. The third kappa shape index (κ3) is 5.03. The van der Waals surface area contributed by atoms with E-state index in [1.54, 1.807) is 7.11 Å². The van der Waals surface area contributed by atoms with E-state index in [9.17, 15) is 5.11 Å². The van der Waals surface area contributed by atoms with Crippen LogP contribution in [-0.4, -0.2) is 30.7 Å². The van der Waals surface area contributed by atoms with Crippen molar-refractivity contribution in [3.8, 4) is 11.5 Å². The first-order chi connectivity index (χ1) is 13.5. The Bertz CT molecular complexity index is 772. The van der Waals surface area contributed by atoms with Crippen molar-refractivity contribution in [2.24, 2.45) is 5.92 Å². The van der Waals surface area contributed by atoms with Crippen molar-refractivity contribution < 1.29 is 14.6 Å². The van der Waals surface area contributed by atoms with E-state index < -0.39 is 0 Å². The summed E-state index contributed by atoms with van der Waals surface area (Å²) in [4.78, 5) is 0. The zero-order chi connectivity index (χ0) is 20.1. The molecule has 0 amide bonds. The van der Waals surface area contributed by atoms with Crippen LogP contribution in [0.3, 0.4) is 0 Å². The molecule has 3 atom stereocenters. The fourth-order valence-corrected chi connectivity index (χ4v) is 5.60. The van der Waals surface area contributed by atoms with Gasteiger partial charge in [-0.1, -0.05) is 25.1 Å². The minimum atomic E-state index is 0.314. The first-order valence-corrected chi connectivity index (χ1v) is 11.1. The van der Waals surface area contributed by atoms with Gasteiger partial charge >= 0.3 is 0 Å². The Morgan fingerprint density at radius 3 is 2.57 bits per heavy atom. The summed E-state index contributed by atoms with van der Waals surface area (Å²) in [6.45, 7) is 7.84. The lowest BCUT2D eigenvalue weighted by Gasteiger charge is -2.34. The van der Waals surface area contributed by atoms with Gasteiger partial charge in [-0.25, -0.2) is 0 Å². The van der Waals surface area contributed by atoms with E-state index in [1.165, 1.54) is 24.0 Å². The summed E-state index contributed by atoms with van der Waals surface area (Å²) < 4.78 is 10.9. The molecule has 4 heteroatoms. The molecule has 3 nitrogen and oxygen atoms in total. The van der Waals surface area contributed by atoms with Crippen LogP contribution >= 0.6 is 11.8 Å². The van der Waals surface area contributed by atoms with E-state index in [2.05, 4.69) is 32.0 Å². The standard InChI is InChI=1S/C24H32O3S/c1-5-27-20-9-7-18(8-10-20)13-19-14-22(23(25)12-17(19)3)24-16(2)6-11-21(28-24)15-26-4/h7-10,12,14,16,21,24-25H,5-6,11,13,15H2,1-4H3. The van der Waals surface area contributed by atoms with Crippen molar-refractivity contribution in [2.75, 3.05) is 20.3 Å². The highest BCUT2D eigenvalue weighted by molar-refractivity contribution is 8.00. The first kappa shape index (κ1) is 21.1. The Balaban J connectivity index is 1.83. The SMILES string of the molecule is CCOc1ccc(Cc2cc(C3SC(COC)CCC3C)c(O)cc2C)cc1. The zero-order valence-corrected chi connectivity index (χ0v) is 18.2. The largest absolute Gasteiger partial charge is 0.508 e. The average molecular weight is 401 g/mol. The van der Waals surface area contributed by atoms with Crippen molar-refractivity contribution in [2.45, 2.75) is 50.5 Å². The Morgan fingerprint density at radius 1 is 1.14 bits per heavy atom. The van der Waals surface area contributed by atoms with E-state index in [0.29, 0.717) is 28.8 Å². The third-order valence-corrected chi connectivity index (χ3v) is 7.34. The van der Waals surface area contributed by atoms with E-state index in [4.69, 9.17) is 9.47 Å². The van der Waals surface area contributed by atoms with Gasteiger partial charge in [0.1, 0.15) is 11.5 Å². The van der Waals surface area contributed by atoms with Gasteiger partial charge in [0.2, 0.25) is 0 Å². The van der Waals surface area contributed by atoms with Gasteiger partial charge in [0.15, 0.2) is 0 Å². The quantitative estimate of drug-likeness (QED) is 0.627. The van der Waals surface area contributed by atoms with Gasteiger partial charge in [-0.2, -0.15) is 0 Å². The molecule has 1 fully saturated rings. The van der Waals surface area contributed by atoms with Crippen LogP contribution in [-0.2, 0) is 11.2 Å². The summed E-state index contributed by atoms with van der Waals surface area (Å²) in [6, 6.07) is 12.5. The number of phenolic OH excluding ortho intramolecular Hbond substituents is 1. The van der Waals surface area contributed by atoms with Crippen molar-refractivity contribution in [3.63, 3.8) is 0 Å². The molecule has 0 spiro atoms. The highest BCUT2D eigenvalue weighted by atomic mass is 32.2. The van der Waals surface area contributed by atoms with Crippen LogP contribution in [0.25, 0.3) is 0 Å². The number of aromatic hydroxyl groups is 1. The molecule has 0 saturated carbocycles. The highest BCUT2D eigenvalue weighted by Gasteiger charge is 2.31. The number of aryl methyl sites for hydroxylation is 1. The van der Waals surface area contributed by atoms with Gasteiger partial charge < -0.3 is 14.6 Å². The number of thioether (sulfide) groups is 1. The Kier molecular flexibility index (Phi) is 7.30. The topological polar surface area (TPSA) is 38.7 Å². The van der Waals surface area contributed by atoms with E-state index in [0.717, 1.165) is 29.9 Å². The molecular weight excluding hydrogens is 368 g/mol. The fraction of sp³-hybridized carbons (Fsp3) is 0.500. The Morgan fingerprint density at radius 2 is 1.89 bits per heavy atom. The second kappa shape index (κ2) is 9.71. The highest BCUT2D eigenvalue weighted by Crippen LogP contribution is 2.49. The van der Waals surface area contributed by atoms with Gasteiger partial charge in [0.25, 0.3) is 0 Å². The molecule has 28 heavy (non-hydrogen) atoms. The molecule has 152 valence electrons. The van der Waals surface area contributed by atoms with Crippen LogP contribution in [0.5, 0.6) is 11.5 Å². The number of rotatable bonds is 7. The van der Waals surface area contributed by atoms with E-state index in [1.807, 2.05) is 36.9 Å². The van der Waals surface area contributed by atoms with Crippen molar-refractivity contribution >= 4 is 11.8 Å². The molecule has 2 aromatic carbocycles. The van der Waals surface area contributed by atoms with Crippen LogP contribution in [0, 0.1) is 12.8 Å². The second-order valence-corrected chi connectivity index (χ2v) is 9.23. The van der Waals surface area contributed by atoms with Crippen LogP contribution < -0.4 is 4.74 Å². The summed E-state index contributed by atoms with van der Waals surface area (Å²) in [5, 5.41) is 11.5. The fourth-order valence-electron chi connectivity index (χ4n) is 3.96. The van der Waals surface area contributed by atoms with Gasteiger partial charge in [-0.15, -0.1) is 11.8 Å². The molecule has 1 heterocycles. The zero-order valence-electron chi connectivity index (χ0n) is 17.4. The molecule has 0 aromatic heterocycles. The Labute approximate surface area is 173 Å². The van der Waals surface area contributed by atoms with Gasteiger partial charge in [0, 0.05) is 23.2 Å². The molecule has 1 aliphatic rings. The normalized spacial score (nSPS) is 22.2. The van der Waals surface area contributed by atoms with Crippen LogP contribution in [0.2, 0.25) is 0 Å². The van der Waals surface area contributed by atoms with E-state index in [-0.39, 0.29) is 0 Å². The van der Waals surface area contributed by atoms with Crippen molar-refractivity contribution in [1.29, 1.82) is 0 Å². The minimum absolute atomic E-state index is 0.314. The summed E-state index contributed by atoms with van der Waals surface area (Å²) in [6.07, 6.45) is 3.22. The summed E-state index contributed by atoms with van der Waals surface area (Å²) in [7, 11) is 1.77. The molecule has 1 N–H and O–H groups in total. The smallest absolute Gasteiger partial charge is 0.120 e.